The fourth-order valence-corrected chi connectivity index (χ4v) is 5.87. The summed E-state index contributed by atoms with van der Waals surface area (Å²) in [5.41, 5.74) is 0.474. The van der Waals surface area contributed by atoms with Crippen molar-refractivity contribution in [1.29, 1.82) is 0 Å². The van der Waals surface area contributed by atoms with Crippen LogP contribution in [-0.4, -0.2) is 45.2 Å². The van der Waals surface area contributed by atoms with E-state index < -0.39 is 0 Å². The Labute approximate surface area is 205 Å². The predicted octanol–water partition coefficient (Wildman–Crippen LogP) is 4.72. The van der Waals surface area contributed by atoms with Crippen LogP contribution in [0.5, 0.6) is 0 Å². The van der Waals surface area contributed by atoms with E-state index in [9.17, 15) is 14.4 Å². The van der Waals surface area contributed by atoms with E-state index in [1.807, 2.05) is 11.0 Å². The predicted molar refractivity (Wildman–Crippen MR) is 132 cm³/mol. The Hall–Kier alpha value is -3.04. The Balaban J connectivity index is 1.32. The number of hydrogen-bond acceptors (Lipinski definition) is 6. The maximum Gasteiger partial charge on any atom is 0.269 e. The molecule has 0 unspecified atom stereocenters. The normalized spacial score (nSPS) is 20.5. The van der Waals surface area contributed by atoms with E-state index in [0.717, 1.165) is 44.0 Å². The molecular formula is C24H24ClN5O3S. The first-order valence-corrected chi connectivity index (χ1v) is 12.6. The van der Waals surface area contributed by atoms with Gasteiger partial charge in [0, 0.05) is 42.7 Å². The average Bonchev–Trinajstić information content (AvgIpc) is 3.44. The quantitative estimate of drug-likeness (QED) is 0.531. The molecule has 0 radical (unpaired) electrons. The number of pyridine rings is 2. The molecular weight excluding hydrogens is 474 g/mol. The van der Waals surface area contributed by atoms with Crippen LogP contribution >= 0.6 is 22.9 Å². The van der Waals surface area contributed by atoms with Gasteiger partial charge < -0.3 is 15.5 Å². The molecule has 2 N–H and O–H groups in total. The first-order valence-electron chi connectivity index (χ1n) is 11.4. The fourth-order valence-electron chi connectivity index (χ4n) is 4.77. The molecule has 10 heteroatoms. The monoisotopic (exact) mass is 497 g/mol. The SMILES string of the molecule is O=C(Nc1ccc(Cl)cn1)c1sc2ncccc2c1NC(=O)C1CCC(N2CCCC2=O)CC1. The third kappa shape index (κ3) is 4.63. The second kappa shape index (κ2) is 9.68. The molecule has 0 bridgehead atoms. The maximum absolute atomic E-state index is 13.2. The lowest BCUT2D eigenvalue weighted by Crippen LogP contribution is -2.40. The molecule has 0 spiro atoms. The maximum atomic E-state index is 13.2. The van der Waals surface area contributed by atoms with Crippen molar-refractivity contribution in [3.05, 3.63) is 46.6 Å². The third-order valence-electron chi connectivity index (χ3n) is 6.51. The molecule has 4 heterocycles. The number of rotatable bonds is 5. The molecule has 1 saturated heterocycles. The van der Waals surface area contributed by atoms with Crippen molar-refractivity contribution in [2.75, 3.05) is 17.2 Å². The van der Waals surface area contributed by atoms with Gasteiger partial charge >= 0.3 is 0 Å². The van der Waals surface area contributed by atoms with Crippen LogP contribution in [0, 0.1) is 5.92 Å². The highest BCUT2D eigenvalue weighted by Gasteiger charge is 2.34. The van der Waals surface area contributed by atoms with Crippen molar-refractivity contribution < 1.29 is 14.4 Å². The van der Waals surface area contributed by atoms with Crippen LogP contribution in [0.2, 0.25) is 5.02 Å². The second-order valence-corrected chi connectivity index (χ2v) is 10.1. The molecule has 0 atom stereocenters. The van der Waals surface area contributed by atoms with Crippen molar-refractivity contribution in [3.63, 3.8) is 0 Å². The van der Waals surface area contributed by atoms with Gasteiger partial charge in [0.15, 0.2) is 0 Å². The Morgan fingerprint density at radius 3 is 2.62 bits per heavy atom. The smallest absolute Gasteiger partial charge is 0.269 e. The Bertz CT molecular complexity index is 1240. The lowest BCUT2D eigenvalue weighted by molar-refractivity contribution is -0.130. The van der Waals surface area contributed by atoms with Gasteiger partial charge in [-0.1, -0.05) is 11.6 Å². The number of fused-ring (bicyclic) bond motifs is 1. The van der Waals surface area contributed by atoms with E-state index in [0.29, 0.717) is 32.7 Å². The number of carbonyl (C=O) groups is 3. The van der Waals surface area contributed by atoms with E-state index >= 15 is 0 Å². The van der Waals surface area contributed by atoms with E-state index in [1.54, 1.807) is 24.4 Å². The molecule has 3 aromatic rings. The summed E-state index contributed by atoms with van der Waals surface area (Å²) in [5.74, 6) is -0.0323. The Morgan fingerprint density at radius 2 is 1.91 bits per heavy atom. The molecule has 176 valence electrons. The average molecular weight is 498 g/mol. The van der Waals surface area contributed by atoms with Crippen LogP contribution in [0.15, 0.2) is 36.7 Å². The van der Waals surface area contributed by atoms with Gasteiger partial charge in [0.05, 0.1) is 10.7 Å². The molecule has 2 aliphatic rings. The number of hydrogen-bond donors (Lipinski definition) is 2. The van der Waals surface area contributed by atoms with Gasteiger partial charge in [-0.05, 0) is 56.4 Å². The van der Waals surface area contributed by atoms with Crippen molar-refractivity contribution in [1.82, 2.24) is 14.9 Å². The molecule has 1 saturated carbocycles. The second-order valence-electron chi connectivity index (χ2n) is 8.66. The van der Waals surface area contributed by atoms with Gasteiger partial charge in [-0.3, -0.25) is 14.4 Å². The summed E-state index contributed by atoms with van der Waals surface area (Å²) < 4.78 is 0. The van der Waals surface area contributed by atoms with Crippen LogP contribution in [0.4, 0.5) is 11.5 Å². The molecule has 5 rings (SSSR count). The molecule has 1 aliphatic heterocycles. The first-order chi connectivity index (χ1) is 16.5. The Kier molecular flexibility index (Phi) is 6.47. The van der Waals surface area contributed by atoms with E-state index in [2.05, 4.69) is 20.6 Å². The summed E-state index contributed by atoms with van der Waals surface area (Å²) >= 11 is 7.10. The first kappa shape index (κ1) is 22.7. The van der Waals surface area contributed by atoms with E-state index in [1.165, 1.54) is 17.5 Å². The van der Waals surface area contributed by atoms with E-state index in [-0.39, 0.29) is 29.7 Å². The number of aromatic nitrogens is 2. The highest BCUT2D eigenvalue weighted by atomic mass is 35.5. The number of anilines is 2. The highest BCUT2D eigenvalue weighted by Crippen LogP contribution is 2.37. The van der Waals surface area contributed by atoms with Gasteiger partial charge in [-0.25, -0.2) is 9.97 Å². The topological polar surface area (TPSA) is 104 Å². The van der Waals surface area contributed by atoms with Gasteiger partial charge in [-0.15, -0.1) is 11.3 Å². The van der Waals surface area contributed by atoms with Crippen molar-refractivity contribution >= 4 is 62.4 Å². The zero-order valence-electron chi connectivity index (χ0n) is 18.4. The number of thiophene rings is 1. The van der Waals surface area contributed by atoms with Crippen molar-refractivity contribution in [2.45, 2.75) is 44.6 Å². The van der Waals surface area contributed by atoms with Crippen molar-refractivity contribution in [3.8, 4) is 0 Å². The van der Waals surface area contributed by atoms with Crippen LogP contribution in [-0.2, 0) is 9.59 Å². The third-order valence-corrected chi connectivity index (χ3v) is 7.84. The molecule has 0 aromatic carbocycles. The van der Waals surface area contributed by atoms with Crippen LogP contribution in [0.1, 0.15) is 48.2 Å². The lowest BCUT2D eigenvalue weighted by atomic mass is 9.84. The lowest BCUT2D eigenvalue weighted by Gasteiger charge is -2.34. The fraction of sp³-hybridized carbons (Fsp3) is 0.375. The van der Waals surface area contributed by atoms with Gasteiger partial charge in [0.2, 0.25) is 11.8 Å². The number of amides is 3. The van der Waals surface area contributed by atoms with E-state index in [4.69, 9.17) is 11.6 Å². The summed E-state index contributed by atoms with van der Waals surface area (Å²) in [6, 6.07) is 7.13. The summed E-state index contributed by atoms with van der Waals surface area (Å²) in [7, 11) is 0. The standard InChI is InChI=1S/C24H24ClN5O3S/c25-15-7-10-18(27-13-15)28-23(33)21-20(17-3-1-11-26-24(17)34-21)29-22(32)14-5-8-16(9-6-14)30-12-2-4-19(30)31/h1,3,7,10-11,13-14,16H,2,4-6,8-9,12H2,(H,29,32)(H,27,28,33). The highest BCUT2D eigenvalue weighted by molar-refractivity contribution is 7.21. The number of likely N-dealkylation sites (tertiary alicyclic amines) is 1. The number of nitrogens with zero attached hydrogens (tertiary/aromatic N) is 3. The molecule has 1 aliphatic carbocycles. The molecule has 34 heavy (non-hydrogen) atoms. The van der Waals surface area contributed by atoms with Gasteiger partial charge in [-0.2, -0.15) is 0 Å². The molecule has 8 nitrogen and oxygen atoms in total. The summed E-state index contributed by atoms with van der Waals surface area (Å²) in [6.07, 6.45) is 7.77. The van der Waals surface area contributed by atoms with Crippen LogP contribution < -0.4 is 10.6 Å². The van der Waals surface area contributed by atoms with Crippen LogP contribution in [0.3, 0.4) is 0 Å². The number of nitrogens with one attached hydrogen (secondary N) is 2. The molecule has 2 fully saturated rings. The minimum Gasteiger partial charge on any atom is -0.340 e. The summed E-state index contributed by atoms with van der Waals surface area (Å²) in [6.45, 7) is 0.829. The molecule has 3 amide bonds. The summed E-state index contributed by atoms with van der Waals surface area (Å²) in [5, 5.41) is 6.99. The van der Waals surface area contributed by atoms with Crippen molar-refractivity contribution in [2.24, 2.45) is 5.92 Å². The number of halogens is 1. The summed E-state index contributed by atoms with van der Waals surface area (Å²) in [4.78, 5) is 49.9. The minimum atomic E-state index is -0.371. The number of carbonyl (C=O) groups excluding carboxylic acids is 3. The largest absolute Gasteiger partial charge is 0.340 e. The zero-order chi connectivity index (χ0) is 23.7. The van der Waals surface area contributed by atoms with Gasteiger partial charge in [0.1, 0.15) is 15.5 Å². The van der Waals surface area contributed by atoms with Crippen LogP contribution in [0.25, 0.3) is 10.2 Å². The zero-order valence-corrected chi connectivity index (χ0v) is 20.0. The minimum absolute atomic E-state index is 0.103. The van der Waals surface area contributed by atoms with Gasteiger partial charge in [0.25, 0.3) is 5.91 Å². The Morgan fingerprint density at radius 1 is 1.09 bits per heavy atom. The molecule has 3 aromatic heterocycles.